The van der Waals surface area contributed by atoms with Crippen LogP contribution in [0.15, 0.2) is 40.9 Å². The van der Waals surface area contributed by atoms with Crippen LogP contribution in [0.4, 0.5) is 4.39 Å². The Bertz CT molecular complexity index is 634. The van der Waals surface area contributed by atoms with Gasteiger partial charge in [0.25, 0.3) is 0 Å². The summed E-state index contributed by atoms with van der Waals surface area (Å²) in [6.07, 6.45) is 0. The van der Waals surface area contributed by atoms with Crippen LogP contribution in [0.25, 0.3) is 0 Å². The van der Waals surface area contributed by atoms with E-state index in [-0.39, 0.29) is 5.82 Å². The molecule has 0 unspecified atom stereocenters. The lowest BCUT2D eigenvalue weighted by atomic mass is 10.2. The molecule has 4 heteroatoms. The van der Waals surface area contributed by atoms with Gasteiger partial charge < -0.3 is 4.74 Å². The normalized spacial score (nSPS) is 9.89. The van der Waals surface area contributed by atoms with Crippen LogP contribution in [-0.4, -0.2) is 0 Å². The van der Waals surface area contributed by atoms with Crippen LogP contribution in [-0.2, 0) is 0 Å². The van der Waals surface area contributed by atoms with Gasteiger partial charge in [-0.25, -0.2) is 4.39 Å². The third-order valence-corrected chi connectivity index (χ3v) is 3.10. The minimum Gasteiger partial charge on any atom is -0.456 e. The minimum absolute atomic E-state index is 0.311. The molecular weight excluding hydrogens is 297 g/mol. The maximum absolute atomic E-state index is 13.0. The van der Waals surface area contributed by atoms with Crippen LogP contribution in [0.5, 0.6) is 11.5 Å². The Morgan fingerprint density at radius 1 is 1.22 bits per heavy atom. The average molecular weight is 306 g/mol. The monoisotopic (exact) mass is 305 g/mol. The van der Waals surface area contributed by atoms with E-state index >= 15 is 0 Å². The van der Waals surface area contributed by atoms with Crippen molar-refractivity contribution in [2.24, 2.45) is 0 Å². The lowest BCUT2D eigenvalue weighted by molar-refractivity contribution is 0.474. The molecule has 0 atom stereocenters. The Balaban J connectivity index is 2.41. The van der Waals surface area contributed by atoms with E-state index in [4.69, 9.17) is 10.00 Å². The molecule has 0 N–H and O–H groups in total. The average Bonchev–Trinajstić information content (AvgIpc) is 2.33. The first kappa shape index (κ1) is 12.6. The first-order chi connectivity index (χ1) is 8.61. The Labute approximate surface area is 113 Å². The third-order valence-electron chi connectivity index (χ3n) is 2.44. The van der Waals surface area contributed by atoms with Gasteiger partial charge in [0.2, 0.25) is 0 Å². The molecule has 0 aromatic heterocycles. The molecule has 0 aliphatic rings. The van der Waals surface area contributed by atoms with E-state index in [0.29, 0.717) is 27.1 Å². The highest BCUT2D eigenvalue weighted by atomic mass is 79.9. The second-order valence-corrected chi connectivity index (χ2v) is 4.59. The zero-order valence-electron chi connectivity index (χ0n) is 9.58. The predicted molar refractivity (Wildman–Crippen MR) is 70.1 cm³/mol. The molecule has 0 bridgehead atoms. The van der Waals surface area contributed by atoms with Crippen molar-refractivity contribution in [1.82, 2.24) is 0 Å². The lowest BCUT2D eigenvalue weighted by Gasteiger charge is -2.10. The fraction of sp³-hybridized carbons (Fsp3) is 0.0714. The second-order valence-electron chi connectivity index (χ2n) is 3.74. The fourth-order valence-electron chi connectivity index (χ4n) is 1.54. The summed E-state index contributed by atoms with van der Waals surface area (Å²) in [4.78, 5) is 0. The van der Waals surface area contributed by atoms with Gasteiger partial charge in [0.15, 0.2) is 0 Å². The molecule has 18 heavy (non-hydrogen) atoms. The summed E-state index contributed by atoms with van der Waals surface area (Å²) < 4.78 is 19.3. The van der Waals surface area contributed by atoms with E-state index in [2.05, 4.69) is 22.0 Å². The van der Waals surface area contributed by atoms with Gasteiger partial charge in [-0.15, -0.1) is 0 Å². The number of nitriles is 1. The smallest absolute Gasteiger partial charge is 0.146 e. The largest absolute Gasteiger partial charge is 0.456 e. The van der Waals surface area contributed by atoms with E-state index in [9.17, 15) is 4.39 Å². The molecule has 0 aliphatic heterocycles. The van der Waals surface area contributed by atoms with E-state index in [1.165, 1.54) is 12.1 Å². The molecule has 2 nitrogen and oxygen atoms in total. The second kappa shape index (κ2) is 5.19. The Morgan fingerprint density at radius 3 is 2.67 bits per heavy atom. The molecule has 0 saturated carbocycles. The summed E-state index contributed by atoms with van der Waals surface area (Å²) >= 11 is 3.29. The highest BCUT2D eigenvalue weighted by Gasteiger charge is 2.09. The van der Waals surface area contributed by atoms with Gasteiger partial charge in [0.05, 0.1) is 0 Å². The number of ether oxygens (including phenoxy) is 1. The molecule has 0 spiro atoms. The Kier molecular flexibility index (Phi) is 3.63. The van der Waals surface area contributed by atoms with Crippen LogP contribution in [0.2, 0.25) is 0 Å². The molecule has 0 fully saturated rings. The van der Waals surface area contributed by atoms with E-state index in [1.807, 2.05) is 0 Å². The van der Waals surface area contributed by atoms with Gasteiger partial charge in [-0.1, -0.05) is 6.07 Å². The van der Waals surface area contributed by atoms with E-state index in [0.717, 1.165) is 0 Å². The first-order valence-electron chi connectivity index (χ1n) is 5.24. The maximum Gasteiger partial charge on any atom is 0.146 e. The van der Waals surface area contributed by atoms with Gasteiger partial charge in [0.1, 0.15) is 28.9 Å². The van der Waals surface area contributed by atoms with Gasteiger partial charge in [-0.3, -0.25) is 0 Å². The summed E-state index contributed by atoms with van der Waals surface area (Å²) in [7, 11) is 0. The standard InChI is InChI=1S/C14H9BrFNO/c1-9-7-10(16)5-6-13(9)18-14-4-2-3-12(15)11(14)8-17/h2-7H,1H3. The summed E-state index contributed by atoms with van der Waals surface area (Å²) in [5.74, 6) is 0.669. The number of rotatable bonds is 2. The fourth-order valence-corrected chi connectivity index (χ4v) is 1.98. The van der Waals surface area contributed by atoms with Crippen LogP contribution in [0.3, 0.4) is 0 Å². The number of halogens is 2. The van der Waals surface area contributed by atoms with Crippen LogP contribution < -0.4 is 4.74 Å². The zero-order chi connectivity index (χ0) is 13.1. The molecule has 0 radical (unpaired) electrons. The molecule has 0 amide bonds. The molecule has 2 aromatic carbocycles. The molecule has 0 saturated heterocycles. The van der Waals surface area contributed by atoms with Gasteiger partial charge in [0, 0.05) is 4.47 Å². The highest BCUT2D eigenvalue weighted by molar-refractivity contribution is 9.10. The molecule has 2 rings (SSSR count). The van der Waals surface area contributed by atoms with Crippen molar-refractivity contribution >= 4 is 15.9 Å². The third kappa shape index (κ3) is 2.52. The molecule has 90 valence electrons. The van der Waals surface area contributed by atoms with Gasteiger partial charge in [-0.2, -0.15) is 5.26 Å². The minimum atomic E-state index is -0.311. The van der Waals surface area contributed by atoms with Crippen LogP contribution in [0.1, 0.15) is 11.1 Å². The topological polar surface area (TPSA) is 33.0 Å². The van der Waals surface area contributed by atoms with Gasteiger partial charge in [-0.05, 0) is 58.7 Å². The first-order valence-corrected chi connectivity index (χ1v) is 6.03. The zero-order valence-corrected chi connectivity index (χ0v) is 11.2. The highest BCUT2D eigenvalue weighted by Crippen LogP contribution is 2.31. The summed E-state index contributed by atoms with van der Waals surface area (Å²) in [5.41, 5.74) is 1.10. The van der Waals surface area contributed by atoms with E-state index in [1.54, 1.807) is 31.2 Å². The predicted octanol–water partition coefficient (Wildman–Crippen LogP) is 4.56. The van der Waals surface area contributed by atoms with Crippen molar-refractivity contribution in [2.45, 2.75) is 6.92 Å². The maximum atomic E-state index is 13.0. The van der Waals surface area contributed by atoms with Crippen molar-refractivity contribution in [2.75, 3.05) is 0 Å². The summed E-state index contributed by atoms with van der Waals surface area (Å²) in [6, 6.07) is 11.6. The molecule has 0 aliphatic carbocycles. The van der Waals surface area contributed by atoms with Crippen molar-refractivity contribution in [3.05, 3.63) is 57.8 Å². The molecule has 2 aromatic rings. The van der Waals surface area contributed by atoms with Crippen molar-refractivity contribution in [3.8, 4) is 17.6 Å². The Morgan fingerprint density at radius 2 is 2.00 bits per heavy atom. The van der Waals surface area contributed by atoms with Gasteiger partial charge >= 0.3 is 0 Å². The molecule has 0 heterocycles. The summed E-state index contributed by atoms with van der Waals surface area (Å²) in [6.45, 7) is 1.75. The lowest BCUT2D eigenvalue weighted by Crippen LogP contribution is -1.92. The van der Waals surface area contributed by atoms with Crippen molar-refractivity contribution < 1.29 is 9.13 Å². The molecular formula is C14H9BrFNO. The summed E-state index contributed by atoms with van der Waals surface area (Å²) in [5, 5.41) is 9.07. The number of aryl methyl sites for hydroxylation is 1. The number of nitrogens with zero attached hydrogens (tertiary/aromatic N) is 1. The Hall–Kier alpha value is -1.86. The number of hydrogen-bond acceptors (Lipinski definition) is 2. The number of benzene rings is 2. The SMILES string of the molecule is Cc1cc(F)ccc1Oc1cccc(Br)c1C#N. The van der Waals surface area contributed by atoms with Crippen LogP contribution >= 0.6 is 15.9 Å². The number of hydrogen-bond donors (Lipinski definition) is 0. The van der Waals surface area contributed by atoms with Crippen molar-refractivity contribution in [3.63, 3.8) is 0 Å². The van der Waals surface area contributed by atoms with Crippen LogP contribution in [0, 0.1) is 24.1 Å². The quantitative estimate of drug-likeness (QED) is 0.815. The van der Waals surface area contributed by atoms with Crippen molar-refractivity contribution in [1.29, 1.82) is 5.26 Å². The van der Waals surface area contributed by atoms with E-state index < -0.39 is 0 Å².